The molecule has 0 spiro atoms. The summed E-state index contributed by atoms with van der Waals surface area (Å²) >= 11 is 0. The summed E-state index contributed by atoms with van der Waals surface area (Å²) in [6.07, 6.45) is 5.52. The highest BCUT2D eigenvalue weighted by Gasteiger charge is 2.30. The average Bonchev–Trinajstić information content (AvgIpc) is 3.34. The molecule has 1 aromatic carbocycles. The van der Waals surface area contributed by atoms with Gasteiger partial charge in [0.05, 0.1) is 17.4 Å². The summed E-state index contributed by atoms with van der Waals surface area (Å²) < 4.78 is 1.78. The molecule has 1 aliphatic heterocycles. The largest absolute Gasteiger partial charge is 0.325 e. The van der Waals surface area contributed by atoms with Crippen LogP contribution in [0, 0.1) is 6.92 Å². The summed E-state index contributed by atoms with van der Waals surface area (Å²) in [6, 6.07) is 15.5. The van der Waals surface area contributed by atoms with Crippen molar-refractivity contribution in [3.63, 3.8) is 0 Å². The van der Waals surface area contributed by atoms with Crippen LogP contribution >= 0.6 is 0 Å². The molecule has 138 valence electrons. The normalized spacial score (nSPS) is 17.1. The first-order valence-corrected chi connectivity index (χ1v) is 9.26. The molecule has 1 unspecified atom stereocenters. The zero-order chi connectivity index (χ0) is 18.6. The first kappa shape index (κ1) is 17.4. The number of carbonyl (C=O) groups is 1. The molecule has 1 fully saturated rings. The number of pyridine rings is 1. The summed E-state index contributed by atoms with van der Waals surface area (Å²) in [5.74, 6) is 0.0396. The van der Waals surface area contributed by atoms with E-state index in [0.717, 1.165) is 42.1 Å². The Balaban J connectivity index is 1.45. The highest BCUT2D eigenvalue weighted by atomic mass is 16.2. The summed E-state index contributed by atoms with van der Waals surface area (Å²) in [4.78, 5) is 19.7. The Hall–Kier alpha value is -2.99. The maximum absolute atomic E-state index is 12.9. The van der Waals surface area contributed by atoms with Crippen molar-refractivity contribution in [2.75, 3.05) is 11.9 Å². The average molecular weight is 361 g/mol. The Kier molecular flexibility index (Phi) is 4.98. The molecule has 0 bridgehead atoms. The van der Waals surface area contributed by atoms with Crippen LogP contribution in [0.4, 0.5) is 5.69 Å². The lowest BCUT2D eigenvalue weighted by molar-refractivity contribution is -0.120. The van der Waals surface area contributed by atoms with Crippen molar-refractivity contribution in [3.05, 3.63) is 72.3 Å². The van der Waals surface area contributed by atoms with Gasteiger partial charge in [0.2, 0.25) is 5.91 Å². The second kappa shape index (κ2) is 7.72. The van der Waals surface area contributed by atoms with Crippen molar-refractivity contribution in [2.45, 2.75) is 32.4 Å². The molecule has 4 rings (SSSR count). The molecule has 3 aromatic rings. The first-order chi connectivity index (χ1) is 13.2. The Morgan fingerprint density at radius 1 is 1.22 bits per heavy atom. The number of carbonyl (C=O) groups excluding carboxylic acids is 1. The molecule has 0 radical (unpaired) electrons. The molecule has 1 N–H and O–H groups in total. The fraction of sp³-hybridized carbons (Fsp3) is 0.286. The van der Waals surface area contributed by atoms with Crippen LogP contribution in [0.2, 0.25) is 0 Å². The second-order valence-corrected chi connectivity index (χ2v) is 6.89. The molecule has 3 heterocycles. The van der Waals surface area contributed by atoms with Crippen LogP contribution in [0.1, 0.15) is 24.2 Å². The van der Waals surface area contributed by atoms with E-state index in [1.54, 1.807) is 10.9 Å². The third-order valence-corrected chi connectivity index (χ3v) is 4.86. The van der Waals surface area contributed by atoms with Gasteiger partial charge in [-0.1, -0.05) is 12.1 Å². The van der Waals surface area contributed by atoms with Gasteiger partial charge in [0.25, 0.3) is 0 Å². The van der Waals surface area contributed by atoms with Crippen molar-refractivity contribution in [2.24, 2.45) is 0 Å². The first-order valence-electron chi connectivity index (χ1n) is 9.26. The van der Waals surface area contributed by atoms with Crippen LogP contribution in [0.25, 0.3) is 5.69 Å². The maximum atomic E-state index is 12.9. The lowest BCUT2D eigenvalue weighted by Gasteiger charge is -2.23. The Morgan fingerprint density at radius 3 is 2.93 bits per heavy atom. The van der Waals surface area contributed by atoms with Crippen molar-refractivity contribution < 1.29 is 4.79 Å². The zero-order valence-electron chi connectivity index (χ0n) is 15.4. The quantitative estimate of drug-likeness (QED) is 0.758. The third-order valence-electron chi connectivity index (χ3n) is 4.86. The van der Waals surface area contributed by atoms with Crippen molar-refractivity contribution in [3.8, 4) is 5.69 Å². The van der Waals surface area contributed by atoms with Gasteiger partial charge in [-0.15, -0.1) is 0 Å². The molecule has 1 saturated heterocycles. The Labute approximate surface area is 158 Å². The fourth-order valence-electron chi connectivity index (χ4n) is 3.58. The smallest absolute Gasteiger partial charge is 0.241 e. The number of amides is 1. The van der Waals surface area contributed by atoms with Crippen LogP contribution in [0.3, 0.4) is 0 Å². The molecular formula is C21H23N5O. The molecule has 27 heavy (non-hydrogen) atoms. The van der Waals surface area contributed by atoms with Gasteiger partial charge in [-0.3, -0.25) is 14.7 Å². The van der Waals surface area contributed by atoms with Gasteiger partial charge in [0.1, 0.15) is 0 Å². The number of aryl methyl sites for hydroxylation is 1. The van der Waals surface area contributed by atoms with Crippen LogP contribution in [0.5, 0.6) is 0 Å². The van der Waals surface area contributed by atoms with E-state index in [-0.39, 0.29) is 11.9 Å². The van der Waals surface area contributed by atoms with Crippen molar-refractivity contribution in [1.29, 1.82) is 0 Å². The number of hydrogen-bond donors (Lipinski definition) is 1. The number of hydrogen-bond acceptors (Lipinski definition) is 4. The summed E-state index contributed by atoms with van der Waals surface area (Å²) in [6.45, 7) is 3.61. The van der Waals surface area contributed by atoms with E-state index in [2.05, 4.69) is 20.3 Å². The third kappa shape index (κ3) is 4.06. The van der Waals surface area contributed by atoms with Gasteiger partial charge in [0.15, 0.2) is 0 Å². The number of benzene rings is 1. The number of anilines is 1. The second-order valence-electron chi connectivity index (χ2n) is 6.89. The van der Waals surface area contributed by atoms with Crippen molar-refractivity contribution in [1.82, 2.24) is 19.7 Å². The van der Waals surface area contributed by atoms with Crippen LogP contribution in [0.15, 0.2) is 60.9 Å². The molecule has 2 aromatic heterocycles. The molecule has 6 nitrogen and oxygen atoms in total. The van der Waals surface area contributed by atoms with Gasteiger partial charge in [-0.2, -0.15) is 5.10 Å². The van der Waals surface area contributed by atoms with Gasteiger partial charge in [-0.25, -0.2) is 4.68 Å². The van der Waals surface area contributed by atoms with Crippen LogP contribution in [-0.4, -0.2) is 38.2 Å². The number of aromatic nitrogens is 3. The van der Waals surface area contributed by atoms with Gasteiger partial charge in [0, 0.05) is 30.3 Å². The van der Waals surface area contributed by atoms with E-state index in [1.807, 2.05) is 61.7 Å². The van der Waals surface area contributed by atoms with E-state index >= 15 is 0 Å². The minimum absolute atomic E-state index is 0.0396. The van der Waals surface area contributed by atoms with E-state index < -0.39 is 0 Å². The summed E-state index contributed by atoms with van der Waals surface area (Å²) in [5.41, 5.74) is 3.72. The van der Waals surface area contributed by atoms with E-state index in [9.17, 15) is 4.79 Å². The maximum Gasteiger partial charge on any atom is 0.241 e. The lowest BCUT2D eigenvalue weighted by atomic mass is 10.2. The standard InChI is InChI=1S/C21H23N5O/c1-16-6-2-8-18(23-16)15-25-12-4-10-20(25)21(27)24-17-7-3-9-19(14-17)26-13-5-11-22-26/h2-3,5-9,11,13-14,20H,4,10,12,15H2,1H3,(H,24,27). The van der Waals surface area contributed by atoms with Crippen LogP contribution < -0.4 is 5.32 Å². The van der Waals surface area contributed by atoms with E-state index in [1.165, 1.54) is 0 Å². The van der Waals surface area contributed by atoms with Gasteiger partial charge < -0.3 is 5.32 Å². The predicted molar refractivity (Wildman–Crippen MR) is 105 cm³/mol. The van der Waals surface area contributed by atoms with Gasteiger partial charge in [-0.05, 0) is 62.7 Å². The molecule has 0 aliphatic carbocycles. The topological polar surface area (TPSA) is 63.1 Å². The van der Waals surface area contributed by atoms with E-state index in [4.69, 9.17) is 0 Å². The minimum atomic E-state index is -0.124. The molecule has 6 heteroatoms. The predicted octanol–water partition coefficient (Wildman–Crippen LogP) is 3.18. The number of nitrogens with one attached hydrogen (secondary N) is 1. The lowest BCUT2D eigenvalue weighted by Crippen LogP contribution is -2.39. The van der Waals surface area contributed by atoms with Crippen LogP contribution in [-0.2, 0) is 11.3 Å². The minimum Gasteiger partial charge on any atom is -0.325 e. The Bertz CT molecular complexity index is 922. The molecule has 1 aliphatic rings. The molecule has 0 saturated carbocycles. The SMILES string of the molecule is Cc1cccc(CN2CCCC2C(=O)Nc2cccc(-n3cccn3)c2)n1. The Morgan fingerprint density at radius 2 is 2.11 bits per heavy atom. The van der Waals surface area contributed by atoms with Gasteiger partial charge >= 0.3 is 0 Å². The fourth-order valence-corrected chi connectivity index (χ4v) is 3.58. The highest BCUT2D eigenvalue weighted by Crippen LogP contribution is 2.22. The monoisotopic (exact) mass is 361 g/mol. The number of rotatable bonds is 5. The number of nitrogens with zero attached hydrogens (tertiary/aromatic N) is 4. The number of likely N-dealkylation sites (tertiary alicyclic amines) is 1. The summed E-state index contributed by atoms with van der Waals surface area (Å²) in [5, 5.41) is 7.31. The molecular weight excluding hydrogens is 338 g/mol. The molecule has 1 amide bonds. The highest BCUT2D eigenvalue weighted by molar-refractivity contribution is 5.95. The van der Waals surface area contributed by atoms with Crippen molar-refractivity contribution >= 4 is 11.6 Å². The molecule has 1 atom stereocenters. The summed E-state index contributed by atoms with van der Waals surface area (Å²) in [7, 11) is 0. The zero-order valence-corrected chi connectivity index (χ0v) is 15.4. The van der Waals surface area contributed by atoms with E-state index in [0.29, 0.717) is 6.54 Å².